The number of hydrogen-bond acceptors (Lipinski definition) is 2. The van der Waals surface area contributed by atoms with Gasteiger partial charge in [0.15, 0.2) is 0 Å². The molecule has 5 aliphatic rings. The van der Waals surface area contributed by atoms with Gasteiger partial charge in [-0.2, -0.15) is 0 Å². The summed E-state index contributed by atoms with van der Waals surface area (Å²) in [6.45, 7) is 18.9. The molecule has 5 rings (SSSR count). The maximum absolute atomic E-state index is 10.8. The van der Waals surface area contributed by atoms with Crippen molar-refractivity contribution in [2.45, 2.75) is 105 Å². The van der Waals surface area contributed by atoms with E-state index in [2.05, 4.69) is 52.5 Å². The number of likely N-dealkylation sites (tertiary alicyclic amines) is 1. The molecular weight excluding hydrogens is 390 g/mol. The SMILES string of the molecule is CC1CCCN(CC(C)[C@H]2CC[C@H]3[C@@H]4CC=C5C(C)(C)[C@@H](O)CC[C@]5(C)[C@H]4CC[C@]23C)C1. The Labute approximate surface area is 198 Å². The Bertz CT molecular complexity index is 741. The van der Waals surface area contributed by atoms with Crippen LogP contribution in [0.15, 0.2) is 11.6 Å². The van der Waals surface area contributed by atoms with Crippen molar-refractivity contribution in [2.75, 3.05) is 19.6 Å². The molecule has 1 heterocycles. The lowest BCUT2D eigenvalue weighted by Gasteiger charge is -2.61. The van der Waals surface area contributed by atoms with Crippen molar-refractivity contribution < 1.29 is 5.11 Å². The largest absolute Gasteiger partial charge is 0.392 e. The molecule has 0 aromatic heterocycles. The van der Waals surface area contributed by atoms with Crippen molar-refractivity contribution in [3.63, 3.8) is 0 Å². The Morgan fingerprint density at radius 2 is 1.81 bits per heavy atom. The first-order valence-electron chi connectivity index (χ1n) is 14.2. The molecule has 1 N–H and O–H groups in total. The molecule has 4 aliphatic carbocycles. The van der Waals surface area contributed by atoms with Gasteiger partial charge >= 0.3 is 0 Å². The first kappa shape index (κ1) is 23.4. The maximum Gasteiger partial charge on any atom is 0.0628 e. The van der Waals surface area contributed by atoms with E-state index in [0.717, 1.165) is 41.9 Å². The van der Waals surface area contributed by atoms with Gasteiger partial charge in [0, 0.05) is 18.5 Å². The Morgan fingerprint density at radius 3 is 2.56 bits per heavy atom. The van der Waals surface area contributed by atoms with Crippen LogP contribution in [0, 0.1) is 51.8 Å². The van der Waals surface area contributed by atoms with Crippen LogP contribution in [0.1, 0.15) is 99.3 Å². The number of rotatable bonds is 3. The van der Waals surface area contributed by atoms with Gasteiger partial charge in [0.05, 0.1) is 6.10 Å². The molecule has 2 nitrogen and oxygen atoms in total. The summed E-state index contributed by atoms with van der Waals surface area (Å²) in [5.74, 6) is 5.26. The topological polar surface area (TPSA) is 23.5 Å². The van der Waals surface area contributed by atoms with E-state index in [0.29, 0.717) is 10.8 Å². The molecule has 0 spiro atoms. The summed E-state index contributed by atoms with van der Waals surface area (Å²) in [4.78, 5) is 2.80. The second kappa shape index (κ2) is 8.11. The number of piperidine rings is 1. The summed E-state index contributed by atoms with van der Waals surface area (Å²) in [5.41, 5.74) is 2.43. The van der Waals surface area contributed by atoms with E-state index < -0.39 is 0 Å². The van der Waals surface area contributed by atoms with Crippen LogP contribution in [0.2, 0.25) is 0 Å². The zero-order valence-corrected chi connectivity index (χ0v) is 22.0. The lowest BCUT2D eigenvalue weighted by Crippen LogP contribution is -2.54. The molecule has 0 aromatic carbocycles. The van der Waals surface area contributed by atoms with Crippen LogP contribution in [0.5, 0.6) is 0 Å². The predicted octanol–water partition coefficient (Wildman–Crippen LogP) is 6.93. The molecule has 182 valence electrons. The molecule has 0 radical (unpaired) electrons. The van der Waals surface area contributed by atoms with Crippen LogP contribution in [-0.4, -0.2) is 35.7 Å². The highest BCUT2D eigenvalue weighted by Crippen LogP contribution is 2.68. The van der Waals surface area contributed by atoms with E-state index in [1.807, 2.05) is 0 Å². The molecule has 0 aromatic rings. The van der Waals surface area contributed by atoms with Crippen LogP contribution in [-0.2, 0) is 0 Å². The Kier molecular flexibility index (Phi) is 5.93. The standard InChI is InChI=1S/C30H51NO/c1-20-8-7-17-31(18-20)19-21(2)23-10-11-24-22-9-12-26-28(3,4)27(32)14-16-30(26,6)25(22)13-15-29(23,24)5/h12,20-25,27,32H,7-11,13-19H2,1-6H3/t20?,21?,22-,23+,24-,25-,27-,29+,30+/m0/s1. The lowest BCUT2D eigenvalue weighted by atomic mass is 9.44. The fourth-order valence-electron chi connectivity index (χ4n) is 10.4. The Balaban J connectivity index is 1.35. The van der Waals surface area contributed by atoms with Crippen molar-refractivity contribution in [3.05, 3.63) is 11.6 Å². The van der Waals surface area contributed by atoms with E-state index in [9.17, 15) is 5.11 Å². The molecule has 0 amide bonds. The number of nitrogens with zero attached hydrogens (tertiary/aromatic N) is 1. The Morgan fingerprint density at radius 1 is 1.03 bits per heavy atom. The van der Waals surface area contributed by atoms with Crippen LogP contribution >= 0.6 is 0 Å². The molecule has 32 heavy (non-hydrogen) atoms. The number of allylic oxidation sites excluding steroid dienone is 1. The van der Waals surface area contributed by atoms with Gasteiger partial charge in [-0.3, -0.25) is 0 Å². The predicted molar refractivity (Wildman–Crippen MR) is 134 cm³/mol. The van der Waals surface area contributed by atoms with Gasteiger partial charge in [-0.1, -0.05) is 53.2 Å². The van der Waals surface area contributed by atoms with Crippen molar-refractivity contribution in [3.8, 4) is 0 Å². The van der Waals surface area contributed by atoms with Gasteiger partial charge in [0.25, 0.3) is 0 Å². The quantitative estimate of drug-likeness (QED) is 0.480. The zero-order valence-electron chi connectivity index (χ0n) is 22.0. The monoisotopic (exact) mass is 441 g/mol. The highest BCUT2D eigenvalue weighted by Gasteiger charge is 2.61. The van der Waals surface area contributed by atoms with Gasteiger partial charge in [-0.05, 0) is 111 Å². The average molecular weight is 442 g/mol. The molecule has 2 unspecified atom stereocenters. The lowest BCUT2D eigenvalue weighted by molar-refractivity contribution is -0.0791. The second-order valence-corrected chi connectivity index (χ2v) is 14.1. The second-order valence-electron chi connectivity index (χ2n) is 14.1. The zero-order chi connectivity index (χ0) is 22.9. The summed E-state index contributed by atoms with van der Waals surface area (Å²) >= 11 is 0. The van der Waals surface area contributed by atoms with Crippen LogP contribution in [0.3, 0.4) is 0 Å². The van der Waals surface area contributed by atoms with Gasteiger partial charge < -0.3 is 10.0 Å². The summed E-state index contributed by atoms with van der Waals surface area (Å²) < 4.78 is 0. The third-order valence-corrected chi connectivity index (χ3v) is 12.0. The summed E-state index contributed by atoms with van der Waals surface area (Å²) in [7, 11) is 0. The first-order valence-corrected chi connectivity index (χ1v) is 14.2. The maximum atomic E-state index is 10.8. The van der Waals surface area contributed by atoms with E-state index in [-0.39, 0.29) is 11.5 Å². The van der Waals surface area contributed by atoms with Crippen LogP contribution < -0.4 is 0 Å². The van der Waals surface area contributed by atoms with Crippen molar-refractivity contribution >= 4 is 0 Å². The molecule has 3 saturated carbocycles. The minimum Gasteiger partial charge on any atom is -0.392 e. The summed E-state index contributed by atoms with van der Waals surface area (Å²) in [6.07, 6.45) is 14.5. The normalized spacial score (nSPS) is 49.5. The van der Waals surface area contributed by atoms with Gasteiger partial charge in [-0.15, -0.1) is 0 Å². The van der Waals surface area contributed by atoms with E-state index in [4.69, 9.17) is 0 Å². The summed E-state index contributed by atoms with van der Waals surface area (Å²) in [5, 5.41) is 10.8. The van der Waals surface area contributed by atoms with Gasteiger partial charge in [0.1, 0.15) is 0 Å². The average Bonchev–Trinajstić information content (AvgIpc) is 3.08. The molecular formula is C30H51NO. The third kappa shape index (κ3) is 3.48. The number of aliphatic hydroxyl groups is 1. The molecule has 0 bridgehead atoms. The molecule has 1 saturated heterocycles. The highest BCUT2D eigenvalue weighted by molar-refractivity contribution is 5.31. The highest BCUT2D eigenvalue weighted by atomic mass is 16.3. The van der Waals surface area contributed by atoms with Crippen LogP contribution in [0.4, 0.5) is 0 Å². The number of aliphatic hydroxyl groups excluding tert-OH is 1. The molecule has 1 aliphatic heterocycles. The van der Waals surface area contributed by atoms with E-state index in [1.165, 1.54) is 71.0 Å². The first-order chi connectivity index (χ1) is 15.1. The van der Waals surface area contributed by atoms with Gasteiger partial charge in [0.2, 0.25) is 0 Å². The smallest absolute Gasteiger partial charge is 0.0628 e. The van der Waals surface area contributed by atoms with Crippen molar-refractivity contribution in [1.29, 1.82) is 0 Å². The minimum atomic E-state index is -0.165. The van der Waals surface area contributed by atoms with Crippen molar-refractivity contribution in [1.82, 2.24) is 4.90 Å². The minimum absolute atomic E-state index is 0.0446. The fourth-order valence-corrected chi connectivity index (χ4v) is 10.4. The van der Waals surface area contributed by atoms with E-state index >= 15 is 0 Å². The molecule has 9 atom stereocenters. The molecule has 2 heteroatoms. The van der Waals surface area contributed by atoms with Gasteiger partial charge in [-0.25, -0.2) is 0 Å². The number of fused-ring (bicyclic) bond motifs is 5. The van der Waals surface area contributed by atoms with Crippen molar-refractivity contribution in [2.24, 2.45) is 51.8 Å². The third-order valence-electron chi connectivity index (χ3n) is 12.0. The number of hydrogen-bond donors (Lipinski definition) is 1. The Hall–Kier alpha value is -0.340. The summed E-state index contributed by atoms with van der Waals surface area (Å²) in [6, 6.07) is 0. The van der Waals surface area contributed by atoms with Crippen LogP contribution in [0.25, 0.3) is 0 Å². The fraction of sp³-hybridized carbons (Fsp3) is 0.933. The molecule has 4 fully saturated rings. The van der Waals surface area contributed by atoms with E-state index in [1.54, 1.807) is 5.57 Å².